The number of hydrogen-bond acceptors (Lipinski definition) is 1. The van der Waals surface area contributed by atoms with E-state index in [2.05, 4.69) is 11.7 Å². The molecule has 1 unspecified atom stereocenters. The van der Waals surface area contributed by atoms with Crippen molar-refractivity contribution in [3.63, 3.8) is 0 Å². The first-order valence-electron chi connectivity index (χ1n) is 10.3. The van der Waals surface area contributed by atoms with Crippen molar-refractivity contribution in [1.29, 1.82) is 0 Å². The molecule has 0 aliphatic heterocycles. The molecule has 2 aromatic rings. The number of halogens is 8. The van der Waals surface area contributed by atoms with E-state index in [1.807, 2.05) is 0 Å². The van der Waals surface area contributed by atoms with Gasteiger partial charge in [0.05, 0.1) is 5.02 Å². The van der Waals surface area contributed by atoms with Crippen LogP contribution in [0.5, 0.6) is 5.75 Å². The van der Waals surface area contributed by atoms with Gasteiger partial charge in [0.1, 0.15) is 11.6 Å². The summed E-state index contributed by atoms with van der Waals surface area (Å²) < 4.78 is 95.6. The summed E-state index contributed by atoms with van der Waals surface area (Å²) in [6.45, 7) is 2.16. The van der Waals surface area contributed by atoms with Crippen LogP contribution in [0, 0.1) is 11.7 Å². The summed E-state index contributed by atoms with van der Waals surface area (Å²) in [6.07, 6.45) is -10.2. The lowest BCUT2D eigenvalue weighted by atomic mass is 9.77. The first-order valence-corrected chi connectivity index (χ1v) is 10.7. The number of ether oxygens (including phenoxy) is 1. The quantitative estimate of drug-likeness (QED) is 0.374. The minimum atomic E-state index is -5.81. The molecule has 1 nitrogen and oxygen atoms in total. The van der Waals surface area contributed by atoms with Gasteiger partial charge < -0.3 is 4.74 Å². The van der Waals surface area contributed by atoms with Crippen LogP contribution in [0.25, 0.3) is 11.1 Å². The monoisotopic (exact) mass is 482 g/mol. The molecule has 0 radical (unpaired) electrons. The van der Waals surface area contributed by atoms with Crippen LogP contribution in [0.1, 0.15) is 50.5 Å². The lowest BCUT2D eigenvalue weighted by Crippen LogP contribution is -2.45. The molecule has 0 heterocycles. The minimum absolute atomic E-state index is 0.148. The van der Waals surface area contributed by atoms with Gasteiger partial charge in [0, 0.05) is 5.56 Å². The van der Waals surface area contributed by atoms with Gasteiger partial charge in [-0.25, -0.2) is 8.78 Å². The lowest BCUT2D eigenvalue weighted by Gasteiger charge is -2.28. The smallest absolute Gasteiger partial charge is 0.429 e. The average Bonchev–Trinajstić information content (AvgIpc) is 2.74. The zero-order chi connectivity index (χ0) is 23.7. The van der Waals surface area contributed by atoms with Crippen molar-refractivity contribution in [3.05, 3.63) is 52.8 Å². The third-order valence-corrected chi connectivity index (χ3v) is 6.26. The topological polar surface area (TPSA) is 9.23 Å². The van der Waals surface area contributed by atoms with E-state index in [1.165, 1.54) is 12.1 Å². The van der Waals surface area contributed by atoms with Crippen LogP contribution in [0.2, 0.25) is 5.02 Å². The van der Waals surface area contributed by atoms with Crippen molar-refractivity contribution < 1.29 is 35.5 Å². The Morgan fingerprint density at radius 3 is 2.19 bits per heavy atom. The molecule has 3 rings (SSSR count). The maximum atomic E-state index is 14.8. The van der Waals surface area contributed by atoms with Crippen molar-refractivity contribution >= 4 is 11.6 Å². The van der Waals surface area contributed by atoms with Gasteiger partial charge in [-0.2, -0.15) is 22.0 Å². The van der Waals surface area contributed by atoms with Gasteiger partial charge in [0.2, 0.25) is 0 Å². The molecular formula is C23H22ClF7O. The van der Waals surface area contributed by atoms with E-state index in [-0.39, 0.29) is 17.0 Å². The Morgan fingerprint density at radius 2 is 1.66 bits per heavy atom. The molecule has 1 saturated carbocycles. The molecule has 1 aliphatic carbocycles. The molecule has 0 N–H and O–H groups in total. The molecule has 9 heteroatoms. The summed E-state index contributed by atoms with van der Waals surface area (Å²) in [5.41, 5.74) is 1.25. The molecule has 2 aromatic carbocycles. The van der Waals surface area contributed by atoms with Crippen LogP contribution < -0.4 is 4.74 Å². The third-order valence-electron chi connectivity index (χ3n) is 5.96. The zero-order valence-corrected chi connectivity index (χ0v) is 17.9. The summed E-state index contributed by atoms with van der Waals surface area (Å²) in [5.74, 6) is -0.409. The van der Waals surface area contributed by atoms with Crippen molar-refractivity contribution in [3.8, 4) is 16.9 Å². The van der Waals surface area contributed by atoms with Crippen molar-refractivity contribution in [2.75, 3.05) is 0 Å². The fraction of sp³-hybridized carbons (Fsp3) is 0.478. The van der Waals surface area contributed by atoms with E-state index < -0.39 is 35.0 Å². The molecule has 0 bridgehead atoms. The van der Waals surface area contributed by atoms with E-state index >= 15 is 0 Å². The SMILES string of the molecule is CCC1CCC(c2ccc(-c3ccc(OC(F)(F)C(F)C(F)(F)F)c(Cl)c3)c(F)c2)CC1. The Hall–Kier alpha value is -1.96. The Bertz CT molecular complexity index is 936. The van der Waals surface area contributed by atoms with E-state index in [0.717, 1.165) is 49.8 Å². The first-order chi connectivity index (χ1) is 14.9. The average molecular weight is 483 g/mol. The number of alkyl halides is 6. The molecule has 1 atom stereocenters. The van der Waals surface area contributed by atoms with E-state index in [4.69, 9.17) is 11.6 Å². The van der Waals surface area contributed by atoms with Gasteiger partial charge >= 0.3 is 12.3 Å². The highest BCUT2D eigenvalue weighted by Gasteiger charge is 2.59. The van der Waals surface area contributed by atoms with Gasteiger partial charge in [0.15, 0.2) is 0 Å². The molecule has 1 fully saturated rings. The molecule has 0 amide bonds. The molecular weight excluding hydrogens is 461 g/mol. The Morgan fingerprint density at radius 1 is 1.00 bits per heavy atom. The number of rotatable bonds is 6. The first kappa shape index (κ1) is 24.7. The Kier molecular flexibility index (Phi) is 7.32. The normalized spacial score (nSPS) is 20.8. The predicted octanol–water partition coefficient (Wildman–Crippen LogP) is 8.70. The Labute approximate surface area is 186 Å². The standard InChI is InChI=1S/C23H22ClF7O/c1-2-13-3-5-14(6-4-13)15-7-9-17(19(25)12-15)16-8-10-20(18(24)11-16)32-23(30,31)21(26)22(27,28)29/h7-14,21H,2-6H2,1H3. The van der Waals surface area contributed by atoms with E-state index in [1.54, 1.807) is 12.1 Å². The second kappa shape index (κ2) is 9.49. The van der Waals surface area contributed by atoms with Crippen LogP contribution in [0.15, 0.2) is 36.4 Å². The minimum Gasteiger partial charge on any atom is -0.429 e. The van der Waals surface area contributed by atoms with Crippen LogP contribution in [-0.4, -0.2) is 18.5 Å². The van der Waals surface area contributed by atoms with E-state index in [0.29, 0.717) is 5.92 Å². The summed E-state index contributed by atoms with van der Waals surface area (Å²) in [4.78, 5) is 0. The molecule has 1 aliphatic rings. The molecule has 0 spiro atoms. The highest BCUT2D eigenvalue weighted by molar-refractivity contribution is 6.32. The molecule has 0 aromatic heterocycles. The van der Waals surface area contributed by atoms with Crippen LogP contribution >= 0.6 is 11.6 Å². The van der Waals surface area contributed by atoms with Crippen molar-refractivity contribution in [1.82, 2.24) is 0 Å². The fourth-order valence-corrected chi connectivity index (χ4v) is 4.28. The van der Waals surface area contributed by atoms with Crippen LogP contribution in [0.3, 0.4) is 0 Å². The van der Waals surface area contributed by atoms with Crippen molar-refractivity contribution in [2.45, 2.75) is 63.4 Å². The fourth-order valence-electron chi connectivity index (χ4n) is 4.06. The van der Waals surface area contributed by atoms with E-state index in [9.17, 15) is 30.7 Å². The zero-order valence-electron chi connectivity index (χ0n) is 17.2. The third kappa shape index (κ3) is 5.50. The second-order valence-corrected chi connectivity index (χ2v) is 8.49. The summed E-state index contributed by atoms with van der Waals surface area (Å²) in [5, 5.41) is -0.502. The van der Waals surface area contributed by atoms with Crippen LogP contribution in [-0.2, 0) is 0 Å². The van der Waals surface area contributed by atoms with Crippen molar-refractivity contribution in [2.24, 2.45) is 5.92 Å². The van der Waals surface area contributed by atoms with Gasteiger partial charge in [-0.1, -0.05) is 43.1 Å². The predicted molar refractivity (Wildman–Crippen MR) is 108 cm³/mol. The maximum Gasteiger partial charge on any atom is 0.439 e. The Balaban J connectivity index is 1.77. The maximum absolute atomic E-state index is 14.8. The summed E-state index contributed by atoms with van der Waals surface area (Å²) in [7, 11) is 0. The summed E-state index contributed by atoms with van der Waals surface area (Å²) in [6, 6.07) is 7.91. The highest BCUT2D eigenvalue weighted by Crippen LogP contribution is 2.41. The molecule has 176 valence electrons. The largest absolute Gasteiger partial charge is 0.439 e. The van der Waals surface area contributed by atoms with Gasteiger partial charge in [-0.3, -0.25) is 0 Å². The molecule has 32 heavy (non-hydrogen) atoms. The highest BCUT2D eigenvalue weighted by atomic mass is 35.5. The van der Waals surface area contributed by atoms with Gasteiger partial charge in [0.25, 0.3) is 6.17 Å². The second-order valence-electron chi connectivity index (χ2n) is 8.08. The lowest BCUT2D eigenvalue weighted by molar-refractivity contribution is -0.304. The summed E-state index contributed by atoms with van der Waals surface area (Å²) >= 11 is 5.85. The van der Waals surface area contributed by atoms with Gasteiger partial charge in [-0.05, 0) is 66.8 Å². The van der Waals surface area contributed by atoms with Crippen LogP contribution in [0.4, 0.5) is 30.7 Å². The van der Waals surface area contributed by atoms with Gasteiger partial charge in [-0.15, -0.1) is 0 Å². The molecule has 0 saturated heterocycles. The number of benzene rings is 2. The number of hydrogen-bond donors (Lipinski definition) is 0.